The van der Waals surface area contributed by atoms with Crippen molar-refractivity contribution < 1.29 is 9.18 Å². The largest absolute Gasteiger partial charge is 0.371 e. The third kappa shape index (κ3) is 2.96. The van der Waals surface area contributed by atoms with Crippen molar-refractivity contribution in [2.24, 2.45) is 11.3 Å². The van der Waals surface area contributed by atoms with Crippen LogP contribution in [0.1, 0.15) is 44.0 Å². The first kappa shape index (κ1) is 14.0. The molecule has 0 aromatic heterocycles. The molecule has 3 heteroatoms. The van der Waals surface area contributed by atoms with Crippen molar-refractivity contribution in [3.8, 4) is 0 Å². The van der Waals surface area contributed by atoms with Gasteiger partial charge < -0.3 is 4.90 Å². The summed E-state index contributed by atoms with van der Waals surface area (Å²) in [5.41, 5.74) is 1.25. The lowest BCUT2D eigenvalue weighted by Gasteiger charge is -2.40. The van der Waals surface area contributed by atoms with Gasteiger partial charge in [-0.3, -0.25) is 4.79 Å². The van der Waals surface area contributed by atoms with Crippen molar-refractivity contribution in [2.45, 2.75) is 33.6 Å². The number of anilines is 1. The zero-order chi connectivity index (χ0) is 14.0. The van der Waals surface area contributed by atoms with Crippen molar-refractivity contribution in [3.05, 3.63) is 29.6 Å². The zero-order valence-electron chi connectivity index (χ0n) is 11.9. The molecule has 1 heterocycles. The summed E-state index contributed by atoms with van der Waals surface area (Å²) in [4.78, 5) is 13.2. The fourth-order valence-electron chi connectivity index (χ4n) is 2.90. The summed E-state index contributed by atoms with van der Waals surface area (Å²) in [6, 6.07) is 4.85. The first-order chi connectivity index (χ1) is 8.93. The van der Waals surface area contributed by atoms with Crippen LogP contribution in [0.15, 0.2) is 18.2 Å². The number of carbonyl (C=O) groups is 1. The van der Waals surface area contributed by atoms with Crippen LogP contribution in [-0.2, 0) is 0 Å². The Hall–Kier alpha value is -1.38. The zero-order valence-corrected chi connectivity index (χ0v) is 11.9. The van der Waals surface area contributed by atoms with E-state index in [0.29, 0.717) is 17.6 Å². The van der Waals surface area contributed by atoms with Crippen LogP contribution in [0.5, 0.6) is 0 Å². The van der Waals surface area contributed by atoms with Crippen molar-refractivity contribution in [3.63, 3.8) is 0 Å². The highest BCUT2D eigenvalue weighted by atomic mass is 19.1. The second-order valence-corrected chi connectivity index (χ2v) is 6.42. The quantitative estimate of drug-likeness (QED) is 0.754. The Bertz CT molecular complexity index is 456. The van der Waals surface area contributed by atoms with Gasteiger partial charge in [0.2, 0.25) is 0 Å². The fourth-order valence-corrected chi connectivity index (χ4v) is 2.90. The molecule has 0 atom stereocenters. The van der Waals surface area contributed by atoms with E-state index in [-0.39, 0.29) is 5.56 Å². The number of aldehydes is 1. The minimum absolute atomic E-state index is 0.191. The predicted molar refractivity (Wildman–Crippen MR) is 76.2 cm³/mol. The molecule has 19 heavy (non-hydrogen) atoms. The number of halogens is 1. The van der Waals surface area contributed by atoms with Crippen molar-refractivity contribution in [1.29, 1.82) is 0 Å². The Morgan fingerprint density at radius 1 is 1.26 bits per heavy atom. The van der Waals surface area contributed by atoms with Gasteiger partial charge in [0, 0.05) is 13.1 Å². The lowest BCUT2D eigenvalue weighted by molar-refractivity contribution is 0.112. The van der Waals surface area contributed by atoms with Crippen molar-refractivity contribution in [2.75, 3.05) is 18.0 Å². The van der Waals surface area contributed by atoms with Gasteiger partial charge in [-0.1, -0.05) is 26.8 Å². The van der Waals surface area contributed by atoms with E-state index in [1.165, 1.54) is 6.07 Å². The summed E-state index contributed by atoms with van der Waals surface area (Å²) in [5, 5.41) is 0. The molecule has 1 aromatic carbocycles. The lowest BCUT2D eigenvalue weighted by Crippen LogP contribution is -2.38. The maximum Gasteiger partial charge on any atom is 0.155 e. The van der Waals surface area contributed by atoms with E-state index < -0.39 is 5.82 Å². The number of nitrogens with zero attached hydrogens (tertiary/aromatic N) is 1. The molecule has 0 N–H and O–H groups in total. The van der Waals surface area contributed by atoms with Crippen molar-refractivity contribution >= 4 is 12.0 Å². The first-order valence-corrected chi connectivity index (χ1v) is 6.92. The summed E-state index contributed by atoms with van der Waals surface area (Å²) < 4.78 is 13.6. The minimum Gasteiger partial charge on any atom is -0.371 e. The molecule has 0 aliphatic carbocycles. The van der Waals surface area contributed by atoms with Crippen LogP contribution in [0.4, 0.5) is 10.1 Å². The number of piperidine rings is 1. The molecule has 1 fully saturated rings. The fraction of sp³-hybridized carbons (Fsp3) is 0.562. The maximum absolute atomic E-state index is 13.6. The van der Waals surface area contributed by atoms with Gasteiger partial charge in [-0.25, -0.2) is 4.39 Å². The molecule has 0 spiro atoms. The van der Waals surface area contributed by atoms with Crippen LogP contribution in [0, 0.1) is 17.2 Å². The number of hydrogen-bond donors (Lipinski definition) is 0. The van der Waals surface area contributed by atoms with Gasteiger partial charge in [-0.15, -0.1) is 0 Å². The minimum atomic E-state index is -0.426. The predicted octanol–water partition coefficient (Wildman–Crippen LogP) is 3.90. The lowest BCUT2D eigenvalue weighted by atomic mass is 9.75. The molecule has 2 rings (SSSR count). The second kappa shape index (κ2) is 5.32. The van der Waals surface area contributed by atoms with E-state index in [2.05, 4.69) is 25.7 Å². The van der Waals surface area contributed by atoms with Gasteiger partial charge in [0.1, 0.15) is 5.82 Å². The highest BCUT2D eigenvalue weighted by Gasteiger charge is 2.29. The van der Waals surface area contributed by atoms with Crippen LogP contribution in [0.25, 0.3) is 0 Å². The molecule has 0 amide bonds. The van der Waals surface area contributed by atoms with Crippen LogP contribution in [0.3, 0.4) is 0 Å². The average molecular weight is 263 g/mol. The molecular formula is C16H22FNO. The molecule has 104 valence electrons. The second-order valence-electron chi connectivity index (χ2n) is 6.42. The SMILES string of the molecule is CC(C)(C)C1CCN(c2cccc(F)c2C=O)CC1. The molecule has 0 radical (unpaired) electrons. The molecule has 1 aromatic rings. The van der Waals surface area contributed by atoms with E-state index >= 15 is 0 Å². The van der Waals surface area contributed by atoms with E-state index in [9.17, 15) is 9.18 Å². The standard InChI is InChI=1S/C16H22FNO/c1-16(2,3)12-7-9-18(10-8-12)15-6-4-5-14(17)13(15)11-19/h4-6,11-12H,7-10H2,1-3H3. The highest BCUT2D eigenvalue weighted by Crippen LogP contribution is 2.36. The molecule has 1 saturated heterocycles. The topological polar surface area (TPSA) is 20.3 Å². The molecule has 0 saturated carbocycles. The van der Waals surface area contributed by atoms with Crippen LogP contribution in [-0.4, -0.2) is 19.4 Å². The van der Waals surface area contributed by atoms with Gasteiger partial charge in [-0.2, -0.15) is 0 Å². The Morgan fingerprint density at radius 3 is 2.42 bits per heavy atom. The monoisotopic (exact) mass is 263 g/mol. The summed E-state index contributed by atoms with van der Waals surface area (Å²) in [7, 11) is 0. The van der Waals surface area contributed by atoms with Gasteiger partial charge in [-0.05, 0) is 36.3 Å². The molecule has 0 bridgehead atoms. The summed E-state index contributed by atoms with van der Waals surface area (Å²) in [6.07, 6.45) is 2.82. The maximum atomic E-state index is 13.6. The van der Waals surface area contributed by atoms with E-state index in [4.69, 9.17) is 0 Å². The number of hydrogen-bond acceptors (Lipinski definition) is 2. The van der Waals surface area contributed by atoms with Gasteiger partial charge >= 0.3 is 0 Å². The molecule has 2 nitrogen and oxygen atoms in total. The van der Waals surface area contributed by atoms with Crippen molar-refractivity contribution in [1.82, 2.24) is 0 Å². The summed E-state index contributed by atoms with van der Waals surface area (Å²) in [6.45, 7) is 8.60. The smallest absolute Gasteiger partial charge is 0.155 e. The van der Waals surface area contributed by atoms with Gasteiger partial charge in [0.15, 0.2) is 6.29 Å². The van der Waals surface area contributed by atoms with E-state index in [1.54, 1.807) is 6.07 Å². The van der Waals surface area contributed by atoms with E-state index in [0.717, 1.165) is 31.6 Å². The normalized spacial score (nSPS) is 17.6. The summed E-state index contributed by atoms with van der Waals surface area (Å²) in [5.74, 6) is 0.266. The number of carbonyl (C=O) groups excluding carboxylic acids is 1. The third-order valence-corrected chi connectivity index (χ3v) is 4.21. The molecule has 0 unspecified atom stereocenters. The Morgan fingerprint density at radius 2 is 1.89 bits per heavy atom. The van der Waals surface area contributed by atoms with Crippen LogP contribution < -0.4 is 4.90 Å². The van der Waals surface area contributed by atoms with Crippen LogP contribution >= 0.6 is 0 Å². The first-order valence-electron chi connectivity index (χ1n) is 6.92. The van der Waals surface area contributed by atoms with E-state index in [1.807, 2.05) is 6.07 Å². The van der Waals surface area contributed by atoms with Crippen LogP contribution in [0.2, 0.25) is 0 Å². The Balaban J connectivity index is 2.14. The molecule has 1 aliphatic rings. The number of rotatable bonds is 2. The molecule has 1 aliphatic heterocycles. The van der Waals surface area contributed by atoms with Gasteiger partial charge in [0.25, 0.3) is 0 Å². The molecular weight excluding hydrogens is 241 g/mol. The third-order valence-electron chi connectivity index (χ3n) is 4.21. The summed E-state index contributed by atoms with van der Waals surface area (Å²) >= 11 is 0. The van der Waals surface area contributed by atoms with Gasteiger partial charge in [0.05, 0.1) is 11.3 Å². The Kier molecular flexibility index (Phi) is 3.93. The number of benzene rings is 1. The Labute approximate surface area is 114 Å². The highest BCUT2D eigenvalue weighted by molar-refractivity contribution is 5.85. The average Bonchev–Trinajstić information content (AvgIpc) is 2.37.